The van der Waals surface area contributed by atoms with Crippen molar-refractivity contribution in [3.05, 3.63) is 88.5 Å². The normalized spacial score (nSPS) is 10.0. The van der Waals surface area contributed by atoms with E-state index in [2.05, 4.69) is 16.0 Å². The summed E-state index contributed by atoms with van der Waals surface area (Å²) in [5.41, 5.74) is 1.47. The molecular formula is C21H18N4O5. The number of hydrogen-bond acceptors (Lipinski definition) is 5. The number of benzene rings is 3. The van der Waals surface area contributed by atoms with Crippen molar-refractivity contribution >= 4 is 34.7 Å². The molecule has 0 aliphatic carbocycles. The van der Waals surface area contributed by atoms with Gasteiger partial charge in [-0.25, -0.2) is 4.79 Å². The Labute approximate surface area is 171 Å². The van der Waals surface area contributed by atoms with Gasteiger partial charge in [0.2, 0.25) is 0 Å². The lowest BCUT2D eigenvalue weighted by molar-refractivity contribution is -0.385. The molecule has 0 bridgehead atoms. The zero-order valence-electron chi connectivity index (χ0n) is 15.9. The van der Waals surface area contributed by atoms with Crippen LogP contribution in [0, 0.1) is 10.1 Å². The lowest BCUT2D eigenvalue weighted by Crippen LogP contribution is -2.19. The van der Waals surface area contributed by atoms with Gasteiger partial charge < -0.3 is 20.7 Å². The Balaban J connectivity index is 1.62. The molecule has 0 unspecified atom stereocenters. The predicted molar refractivity (Wildman–Crippen MR) is 113 cm³/mol. The summed E-state index contributed by atoms with van der Waals surface area (Å²) >= 11 is 0. The monoisotopic (exact) mass is 406 g/mol. The standard InChI is InChI=1S/C21H18N4O5/c1-30-19-12-7-14(13-18(19)25(28)29)20(26)22-16-8-10-17(11-9-16)24-21(27)23-15-5-3-2-4-6-15/h2-13H,1H3,(H,22,26)(H2,23,24,27). The Morgan fingerprint density at radius 1 is 0.833 bits per heavy atom. The van der Waals surface area contributed by atoms with Gasteiger partial charge in [-0.3, -0.25) is 14.9 Å². The van der Waals surface area contributed by atoms with E-state index in [1.54, 1.807) is 36.4 Å². The highest BCUT2D eigenvalue weighted by molar-refractivity contribution is 6.05. The molecule has 3 N–H and O–H groups in total. The fourth-order valence-electron chi connectivity index (χ4n) is 2.63. The van der Waals surface area contributed by atoms with E-state index in [1.165, 1.54) is 19.2 Å². The van der Waals surface area contributed by atoms with Gasteiger partial charge in [-0.2, -0.15) is 0 Å². The van der Waals surface area contributed by atoms with Crippen LogP contribution in [0.5, 0.6) is 5.75 Å². The van der Waals surface area contributed by atoms with Crippen LogP contribution < -0.4 is 20.7 Å². The molecule has 3 aromatic rings. The van der Waals surface area contributed by atoms with Crippen molar-refractivity contribution in [2.24, 2.45) is 0 Å². The summed E-state index contributed by atoms with van der Waals surface area (Å²) in [5, 5.41) is 19.1. The summed E-state index contributed by atoms with van der Waals surface area (Å²) in [7, 11) is 1.32. The average Bonchev–Trinajstić information content (AvgIpc) is 2.75. The highest BCUT2D eigenvalue weighted by Gasteiger charge is 2.18. The molecule has 0 saturated heterocycles. The molecule has 9 heteroatoms. The van der Waals surface area contributed by atoms with Gasteiger partial charge >= 0.3 is 11.7 Å². The fraction of sp³-hybridized carbons (Fsp3) is 0.0476. The number of ether oxygens (including phenoxy) is 1. The van der Waals surface area contributed by atoms with E-state index in [1.807, 2.05) is 18.2 Å². The minimum Gasteiger partial charge on any atom is -0.490 e. The van der Waals surface area contributed by atoms with Crippen LogP contribution in [0.2, 0.25) is 0 Å². The molecule has 0 spiro atoms. The van der Waals surface area contributed by atoms with E-state index in [4.69, 9.17) is 4.74 Å². The Hall–Kier alpha value is -4.40. The van der Waals surface area contributed by atoms with Crippen molar-refractivity contribution in [1.29, 1.82) is 0 Å². The number of rotatable bonds is 6. The Morgan fingerprint density at radius 2 is 1.40 bits per heavy atom. The third-order valence-electron chi connectivity index (χ3n) is 4.07. The van der Waals surface area contributed by atoms with Gasteiger partial charge in [0.15, 0.2) is 5.75 Å². The summed E-state index contributed by atoms with van der Waals surface area (Å²) < 4.78 is 4.93. The molecule has 0 atom stereocenters. The molecule has 3 aromatic carbocycles. The third kappa shape index (κ3) is 5.10. The number of amides is 3. The largest absolute Gasteiger partial charge is 0.490 e. The van der Waals surface area contributed by atoms with Gasteiger partial charge in [0.25, 0.3) is 5.91 Å². The Bertz CT molecular complexity index is 1070. The second-order valence-corrected chi connectivity index (χ2v) is 6.12. The maximum atomic E-state index is 12.4. The number of methoxy groups -OCH3 is 1. The van der Waals surface area contributed by atoms with Crippen molar-refractivity contribution in [2.45, 2.75) is 0 Å². The maximum Gasteiger partial charge on any atom is 0.323 e. The van der Waals surface area contributed by atoms with E-state index in [-0.39, 0.29) is 17.0 Å². The highest BCUT2D eigenvalue weighted by atomic mass is 16.6. The first-order valence-corrected chi connectivity index (χ1v) is 8.83. The van der Waals surface area contributed by atoms with Crippen molar-refractivity contribution in [1.82, 2.24) is 0 Å². The zero-order chi connectivity index (χ0) is 21.5. The molecular weight excluding hydrogens is 388 g/mol. The minimum absolute atomic E-state index is 0.0701. The summed E-state index contributed by atoms with van der Waals surface area (Å²) in [6.45, 7) is 0. The fourth-order valence-corrected chi connectivity index (χ4v) is 2.63. The van der Waals surface area contributed by atoms with E-state index in [0.29, 0.717) is 17.1 Å². The second kappa shape index (κ2) is 9.20. The molecule has 0 saturated carbocycles. The van der Waals surface area contributed by atoms with Crippen LogP contribution in [0.4, 0.5) is 27.5 Å². The van der Waals surface area contributed by atoms with Crippen molar-refractivity contribution < 1.29 is 19.2 Å². The molecule has 30 heavy (non-hydrogen) atoms. The number of hydrogen-bond donors (Lipinski definition) is 3. The molecule has 3 amide bonds. The SMILES string of the molecule is COc1ccc(C(=O)Nc2ccc(NC(=O)Nc3ccccc3)cc2)cc1[N+](=O)[O-]. The van der Waals surface area contributed by atoms with Crippen LogP contribution in [0.1, 0.15) is 10.4 Å². The second-order valence-electron chi connectivity index (χ2n) is 6.12. The number of para-hydroxylation sites is 1. The summed E-state index contributed by atoms with van der Waals surface area (Å²) in [5.74, 6) is -0.441. The maximum absolute atomic E-state index is 12.4. The van der Waals surface area contributed by atoms with Crippen LogP contribution in [0.25, 0.3) is 0 Å². The van der Waals surface area contributed by atoms with Crippen molar-refractivity contribution in [2.75, 3.05) is 23.1 Å². The molecule has 0 aliphatic heterocycles. The first-order valence-electron chi connectivity index (χ1n) is 8.83. The summed E-state index contributed by atoms with van der Waals surface area (Å²) in [4.78, 5) is 34.9. The number of carbonyl (C=O) groups is 2. The first-order chi connectivity index (χ1) is 14.5. The number of nitro groups is 1. The van der Waals surface area contributed by atoms with E-state index in [9.17, 15) is 19.7 Å². The van der Waals surface area contributed by atoms with E-state index in [0.717, 1.165) is 6.07 Å². The smallest absolute Gasteiger partial charge is 0.323 e. The number of anilines is 3. The van der Waals surface area contributed by atoms with Crippen LogP contribution >= 0.6 is 0 Å². The molecule has 0 aliphatic rings. The molecule has 0 heterocycles. The van der Waals surface area contributed by atoms with Crippen LogP contribution in [-0.2, 0) is 0 Å². The zero-order valence-corrected chi connectivity index (χ0v) is 15.9. The van der Waals surface area contributed by atoms with Gasteiger partial charge in [0, 0.05) is 28.7 Å². The van der Waals surface area contributed by atoms with Crippen molar-refractivity contribution in [3.8, 4) is 5.75 Å². The van der Waals surface area contributed by atoms with E-state index < -0.39 is 16.9 Å². The third-order valence-corrected chi connectivity index (χ3v) is 4.07. The number of nitrogens with zero attached hydrogens (tertiary/aromatic N) is 1. The number of nitro benzene ring substituents is 1. The Morgan fingerprint density at radius 3 is 1.97 bits per heavy atom. The summed E-state index contributed by atoms with van der Waals surface area (Å²) in [6.07, 6.45) is 0. The molecule has 0 aromatic heterocycles. The summed E-state index contributed by atoms with van der Waals surface area (Å²) in [6, 6.07) is 19.0. The predicted octanol–water partition coefficient (Wildman–Crippen LogP) is 4.50. The van der Waals surface area contributed by atoms with Gasteiger partial charge in [-0.1, -0.05) is 18.2 Å². The van der Waals surface area contributed by atoms with E-state index >= 15 is 0 Å². The van der Waals surface area contributed by atoms with Crippen LogP contribution in [0.15, 0.2) is 72.8 Å². The highest BCUT2D eigenvalue weighted by Crippen LogP contribution is 2.28. The Kier molecular flexibility index (Phi) is 6.23. The lowest BCUT2D eigenvalue weighted by Gasteiger charge is -2.09. The number of carbonyl (C=O) groups excluding carboxylic acids is 2. The molecule has 0 radical (unpaired) electrons. The number of urea groups is 1. The van der Waals surface area contributed by atoms with Gasteiger partial charge in [-0.05, 0) is 48.5 Å². The van der Waals surface area contributed by atoms with Gasteiger partial charge in [0.1, 0.15) is 0 Å². The molecule has 9 nitrogen and oxygen atoms in total. The van der Waals surface area contributed by atoms with Gasteiger partial charge in [0.05, 0.1) is 12.0 Å². The molecule has 3 rings (SSSR count). The van der Waals surface area contributed by atoms with Crippen LogP contribution in [0.3, 0.4) is 0 Å². The van der Waals surface area contributed by atoms with Crippen molar-refractivity contribution in [3.63, 3.8) is 0 Å². The number of nitrogens with one attached hydrogen (secondary N) is 3. The topological polar surface area (TPSA) is 123 Å². The lowest BCUT2D eigenvalue weighted by atomic mass is 10.1. The average molecular weight is 406 g/mol. The molecule has 0 fully saturated rings. The van der Waals surface area contributed by atoms with Gasteiger partial charge in [-0.15, -0.1) is 0 Å². The molecule has 152 valence electrons. The minimum atomic E-state index is -0.615. The van der Waals surface area contributed by atoms with Crippen LogP contribution in [-0.4, -0.2) is 24.0 Å². The quantitative estimate of drug-likeness (QED) is 0.411. The first kappa shape index (κ1) is 20.3.